The van der Waals surface area contributed by atoms with Gasteiger partial charge in [-0.05, 0) is 25.1 Å². The standard InChI is InChI=1S/C26H20N10O9S3/c1-10-5-14(36-25(29-10)32-17(33-36)22(39)40)46-7-12-8-47-21-16(19(38)35(21)20(12)44-26(42)43)31-18(37)15(13-9-48-24(27)30-13)34-45-23(41)11-3-2-4-28-6-11/h2-6,9,16,21H,7-8H2,1H3,(H2,27,30)(H,31,37)(H,39,40)(H,42,43)/b34-15-/t16-,21-/m1/s1. The molecule has 1 saturated heterocycles. The lowest BCUT2D eigenvalue weighted by Crippen LogP contribution is -2.70. The number of ether oxygens (including phenoxy) is 1. The maximum absolute atomic E-state index is 13.4. The molecule has 1 fully saturated rings. The highest BCUT2D eigenvalue weighted by Gasteiger charge is 2.54. The summed E-state index contributed by atoms with van der Waals surface area (Å²) < 4.78 is 6.30. The molecule has 2 atom stereocenters. The van der Waals surface area contributed by atoms with Gasteiger partial charge in [-0.3, -0.25) is 19.5 Å². The predicted molar refractivity (Wildman–Crippen MR) is 167 cm³/mol. The van der Waals surface area contributed by atoms with Gasteiger partial charge in [-0.2, -0.15) is 9.50 Å². The Morgan fingerprint density at radius 1 is 1.23 bits per heavy atom. The molecular formula is C26H20N10O9S3. The van der Waals surface area contributed by atoms with E-state index in [1.54, 1.807) is 13.0 Å². The molecule has 0 spiro atoms. The van der Waals surface area contributed by atoms with Crippen LogP contribution in [0.4, 0.5) is 9.93 Å². The van der Waals surface area contributed by atoms with Crippen LogP contribution in [0, 0.1) is 6.92 Å². The second kappa shape index (κ2) is 13.2. The average Bonchev–Trinajstić information content (AvgIpc) is 3.69. The van der Waals surface area contributed by atoms with Gasteiger partial charge >= 0.3 is 18.1 Å². The van der Waals surface area contributed by atoms with E-state index in [1.165, 1.54) is 57.9 Å². The number of anilines is 1. The average molecular weight is 713 g/mol. The Morgan fingerprint density at radius 3 is 2.73 bits per heavy atom. The molecule has 6 rings (SSSR count). The quantitative estimate of drug-likeness (QED) is 0.0342. The molecule has 6 heterocycles. The third-order valence-corrected chi connectivity index (χ3v) is 9.65. The van der Waals surface area contributed by atoms with Crippen molar-refractivity contribution in [2.75, 3.05) is 17.2 Å². The zero-order valence-corrected chi connectivity index (χ0v) is 26.6. The van der Waals surface area contributed by atoms with E-state index in [2.05, 4.69) is 35.5 Å². The molecule has 2 aliphatic heterocycles. The summed E-state index contributed by atoms with van der Waals surface area (Å²) >= 11 is 3.42. The maximum atomic E-state index is 13.4. The Balaban J connectivity index is 1.20. The summed E-state index contributed by atoms with van der Waals surface area (Å²) in [6.45, 7) is 1.69. The Labute approximate surface area is 280 Å². The number of nitrogens with zero attached hydrogens (tertiary/aromatic N) is 8. The van der Waals surface area contributed by atoms with E-state index in [4.69, 9.17) is 15.3 Å². The number of pyridine rings is 1. The highest BCUT2D eigenvalue weighted by molar-refractivity contribution is 8.01. The Morgan fingerprint density at radius 2 is 2.04 bits per heavy atom. The number of fused-ring (bicyclic) bond motifs is 2. The molecule has 246 valence electrons. The van der Waals surface area contributed by atoms with Gasteiger partial charge < -0.3 is 30.8 Å². The number of carboxylic acids is 1. The molecule has 4 aromatic rings. The molecule has 19 nitrogen and oxygen atoms in total. The van der Waals surface area contributed by atoms with Crippen LogP contribution in [0.25, 0.3) is 5.78 Å². The van der Waals surface area contributed by atoms with Crippen molar-refractivity contribution in [3.05, 3.63) is 70.2 Å². The molecule has 4 aromatic heterocycles. The van der Waals surface area contributed by atoms with Gasteiger partial charge in [-0.1, -0.05) is 5.16 Å². The van der Waals surface area contributed by atoms with Crippen LogP contribution in [0.5, 0.6) is 0 Å². The topological polar surface area (TPSA) is 267 Å². The molecule has 22 heteroatoms. The molecule has 0 unspecified atom stereocenters. The number of aromatic nitrogens is 6. The number of nitrogen functional groups attached to an aromatic ring is 1. The van der Waals surface area contributed by atoms with E-state index in [1.807, 2.05) is 0 Å². The number of oxime groups is 1. The summed E-state index contributed by atoms with van der Waals surface area (Å²) in [6, 6.07) is 3.47. The summed E-state index contributed by atoms with van der Waals surface area (Å²) in [5.74, 6) is -4.09. The summed E-state index contributed by atoms with van der Waals surface area (Å²) in [4.78, 5) is 84.3. The van der Waals surface area contributed by atoms with Gasteiger partial charge in [-0.25, -0.2) is 24.4 Å². The second-order valence-corrected chi connectivity index (χ2v) is 12.7. The molecule has 0 aromatic carbocycles. The van der Waals surface area contributed by atoms with Crippen LogP contribution in [0.1, 0.15) is 32.4 Å². The molecule has 0 saturated carbocycles. The minimum Gasteiger partial charge on any atom is -0.475 e. The van der Waals surface area contributed by atoms with Gasteiger partial charge in [0.2, 0.25) is 5.88 Å². The van der Waals surface area contributed by atoms with E-state index in [0.29, 0.717) is 16.3 Å². The van der Waals surface area contributed by atoms with Gasteiger partial charge in [0.05, 0.1) is 5.56 Å². The normalized spacial score (nSPS) is 17.5. The van der Waals surface area contributed by atoms with E-state index >= 15 is 0 Å². The van der Waals surface area contributed by atoms with Crippen molar-refractivity contribution in [2.45, 2.75) is 23.4 Å². The minimum absolute atomic E-state index is 0.00803. The minimum atomic E-state index is -1.66. The number of aryl methyl sites for hydroxylation is 1. The van der Waals surface area contributed by atoms with Crippen LogP contribution in [0.3, 0.4) is 0 Å². The monoisotopic (exact) mass is 712 g/mol. The smallest absolute Gasteiger partial charge is 0.475 e. The lowest BCUT2D eigenvalue weighted by molar-refractivity contribution is -0.148. The van der Waals surface area contributed by atoms with Crippen molar-refractivity contribution in [1.29, 1.82) is 0 Å². The number of thioether (sulfide) groups is 2. The first-order valence-corrected chi connectivity index (χ1v) is 16.3. The summed E-state index contributed by atoms with van der Waals surface area (Å²) in [6.07, 6.45) is 1.05. The van der Waals surface area contributed by atoms with Crippen LogP contribution in [0.15, 0.2) is 57.6 Å². The number of rotatable bonds is 10. The molecule has 5 N–H and O–H groups in total. The first-order chi connectivity index (χ1) is 23.0. The number of hydrogen-bond donors (Lipinski definition) is 4. The first kappa shape index (κ1) is 32.3. The summed E-state index contributed by atoms with van der Waals surface area (Å²) in [5, 5.41) is 30.2. The van der Waals surface area contributed by atoms with E-state index < -0.39 is 52.9 Å². The molecule has 2 amide bonds. The van der Waals surface area contributed by atoms with Crippen LogP contribution in [0.2, 0.25) is 0 Å². The Hall–Kier alpha value is -5.61. The third-order valence-electron chi connectivity index (χ3n) is 6.55. The van der Waals surface area contributed by atoms with E-state index in [-0.39, 0.29) is 39.6 Å². The number of aromatic carboxylic acids is 1. The van der Waals surface area contributed by atoms with E-state index in [9.17, 15) is 34.2 Å². The van der Waals surface area contributed by atoms with Crippen molar-refractivity contribution < 1.29 is 43.8 Å². The number of hydrogen-bond acceptors (Lipinski definition) is 17. The van der Waals surface area contributed by atoms with Gasteiger partial charge in [0, 0.05) is 40.5 Å². The fourth-order valence-electron chi connectivity index (χ4n) is 4.45. The van der Waals surface area contributed by atoms with Crippen molar-refractivity contribution in [3.8, 4) is 0 Å². The summed E-state index contributed by atoms with van der Waals surface area (Å²) in [7, 11) is 0. The second-order valence-electron chi connectivity index (χ2n) is 9.75. The highest BCUT2D eigenvalue weighted by Crippen LogP contribution is 2.42. The Bertz CT molecular complexity index is 2050. The number of thiazole rings is 1. The molecule has 48 heavy (non-hydrogen) atoms. The highest BCUT2D eigenvalue weighted by atomic mass is 32.2. The zero-order valence-electron chi connectivity index (χ0n) is 24.2. The van der Waals surface area contributed by atoms with Crippen LogP contribution in [-0.2, 0) is 19.2 Å². The van der Waals surface area contributed by atoms with Gasteiger partial charge in [0.1, 0.15) is 22.1 Å². The zero-order chi connectivity index (χ0) is 34.1. The summed E-state index contributed by atoms with van der Waals surface area (Å²) in [5.41, 5.74) is 6.33. The van der Waals surface area contributed by atoms with Gasteiger partial charge in [0.25, 0.3) is 23.4 Å². The fourth-order valence-corrected chi connectivity index (χ4v) is 7.50. The van der Waals surface area contributed by atoms with Crippen molar-refractivity contribution in [2.24, 2.45) is 5.16 Å². The molecule has 0 radical (unpaired) electrons. The number of carbonyl (C=O) groups is 5. The molecule has 2 aliphatic rings. The molecular weight excluding hydrogens is 693 g/mol. The number of carbonyl (C=O) groups excluding carboxylic acids is 3. The number of nitrogens with one attached hydrogen (secondary N) is 1. The molecule has 0 bridgehead atoms. The van der Waals surface area contributed by atoms with Gasteiger partial charge in [0.15, 0.2) is 10.8 Å². The molecule has 0 aliphatic carbocycles. The first-order valence-electron chi connectivity index (χ1n) is 13.4. The van der Waals surface area contributed by atoms with E-state index in [0.717, 1.165) is 16.2 Å². The van der Waals surface area contributed by atoms with Crippen LogP contribution >= 0.6 is 34.9 Å². The number of nitrogens with two attached hydrogens (primary N) is 1. The lowest BCUT2D eigenvalue weighted by atomic mass is 10.1. The number of β-lactam (4-membered cyclic amide) rings is 1. The fraction of sp³-hybridized carbons (Fsp3) is 0.192. The lowest BCUT2D eigenvalue weighted by Gasteiger charge is -2.49. The SMILES string of the molecule is Cc1cc(SCC2=C(OC(=O)O)N3C(=O)[C@@H](NC(=O)/C(=N\OC(=O)c4cccnc4)c4csc(N)n4)[C@H]3SC2)n2nc(C(=O)O)nc2n1. The van der Waals surface area contributed by atoms with Gasteiger partial charge in [-0.15, -0.1) is 40.0 Å². The Kier molecular flexibility index (Phi) is 8.92. The number of amides is 2. The largest absolute Gasteiger partial charge is 0.512 e. The van der Waals surface area contributed by atoms with Crippen LogP contribution in [-0.4, -0.2) is 103 Å². The van der Waals surface area contributed by atoms with Crippen LogP contribution < -0.4 is 11.1 Å². The van der Waals surface area contributed by atoms with Crippen molar-refractivity contribution >= 4 is 81.4 Å². The maximum Gasteiger partial charge on any atom is 0.512 e. The predicted octanol–water partition coefficient (Wildman–Crippen LogP) is 1.22. The van der Waals surface area contributed by atoms with Crippen molar-refractivity contribution in [1.82, 2.24) is 39.8 Å². The third kappa shape index (κ3) is 6.47. The number of carboxylic acid groups (broad SMARTS) is 2. The van der Waals surface area contributed by atoms with Crippen molar-refractivity contribution in [3.63, 3.8) is 0 Å².